The van der Waals surface area contributed by atoms with Crippen molar-refractivity contribution in [1.29, 1.82) is 0 Å². The number of ketones is 1. The van der Waals surface area contributed by atoms with Gasteiger partial charge in [-0.25, -0.2) is 0 Å². The highest BCUT2D eigenvalue weighted by molar-refractivity contribution is 5.92. The molecule has 0 saturated heterocycles. The van der Waals surface area contributed by atoms with Crippen LogP contribution in [0.15, 0.2) is 24.2 Å². The number of hydrogen-bond acceptors (Lipinski definition) is 4. The highest BCUT2D eigenvalue weighted by atomic mass is 16.3. The van der Waals surface area contributed by atoms with Crippen molar-refractivity contribution in [2.75, 3.05) is 13.6 Å². The van der Waals surface area contributed by atoms with Gasteiger partial charge in [-0.1, -0.05) is 44.9 Å². The Bertz CT molecular complexity index is 1180. The number of nitrogens with one attached hydrogen (secondary N) is 1. The number of carbonyl (C=O) groups is 3. The second kappa shape index (κ2) is 8.45. The van der Waals surface area contributed by atoms with E-state index in [9.17, 15) is 19.5 Å². The van der Waals surface area contributed by atoms with E-state index in [1.54, 1.807) is 0 Å². The maximum absolute atomic E-state index is 13.1. The summed E-state index contributed by atoms with van der Waals surface area (Å²) < 4.78 is 95.2. The van der Waals surface area contributed by atoms with Crippen LogP contribution in [0.1, 0.15) is 60.7 Å². The molecule has 4 atom stereocenters. The quantitative estimate of drug-likeness (QED) is 0.792. The number of fused-ring (bicyclic) bond motifs is 1. The van der Waals surface area contributed by atoms with E-state index in [4.69, 9.17) is 16.4 Å². The van der Waals surface area contributed by atoms with E-state index in [2.05, 4.69) is 5.32 Å². The minimum absolute atomic E-state index is 0.566. The molecule has 1 aliphatic heterocycles. The molecule has 1 heterocycles. The van der Waals surface area contributed by atoms with Crippen molar-refractivity contribution in [3.63, 3.8) is 0 Å². The zero-order valence-electron chi connectivity index (χ0n) is 26.6. The van der Waals surface area contributed by atoms with Gasteiger partial charge in [0, 0.05) is 35.5 Å². The maximum Gasteiger partial charge on any atom is 0.249 e. The first kappa shape index (κ1) is 9.13. The summed E-state index contributed by atoms with van der Waals surface area (Å²) >= 11 is 0. The maximum atomic E-state index is 13.1. The van der Waals surface area contributed by atoms with Crippen molar-refractivity contribution >= 4 is 17.6 Å². The van der Waals surface area contributed by atoms with Crippen molar-refractivity contribution in [2.24, 2.45) is 11.8 Å². The van der Waals surface area contributed by atoms with Gasteiger partial charge in [0.05, 0.1) is 6.85 Å². The lowest BCUT2D eigenvalue weighted by atomic mass is 9.94. The summed E-state index contributed by atoms with van der Waals surface area (Å²) in [5.74, 6) is -9.59. The minimum atomic E-state index is -3.55. The fraction of sp³-hybridized carbons (Fsp3) is 0.550. The number of Topliss-reactive ketones (excluding diaryl/α,β-unsaturated/α-hetero) is 1. The molecule has 0 spiro atoms. The van der Waals surface area contributed by atoms with Gasteiger partial charge >= 0.3 is 0 Å². The molecule has 0 fully saturated rings. The van der Waals surface area contributed by atoms with Crippen LogP contribution in [0.25, 0.3) is 0 Å². The summed E-state index contributed by atoms with van der Waals surface area (Å²) in [6.45, 7) is -2.43. The van der Waals surface area contributed by atoms with E-state index < -0.39 is 103 Å². The van der Waals surface area contributed by atoms with E-state index in [0.29, 0.717) is 6.92 Å². The first-order valence-electron chi connectivity index (χ1n) is 13.7. The number of amides is 2. The van der Waals surface area contributed by atoms with Crippen molar-refractivity contribution in [2.45, 2.75) is 45.6 Å². The second-order valence-corrected chi connectivity index (χ2v) is 5.92. The molecule has 0 aromatic heterocycles. The zero-order chi connectivity index (χ0) is 30.0. The van der Waals surface area contributed by atoms with Gasteiger partial charge in [-0.2, -0.15) is 0 Å². The van der Waals surface area contributed by atoms with E-state index in [-0.39, 0.29) is 0 Å². The molecule has 6 nitrogen and oxygen atoms in total. The standard InChI is InChI=1S/C20H28N2O4/c1-12(2)18(24)16(23)11-13(3)19(25)21-17-15-8-6-5-7-14(15)9-10-22(4)20(17)26/h5-8,12-13,17-18,24H,9-11H2,1-4H3,(H,21,25)/t13-,17+,18+/m1/s1/i1D3,5D,6D,7D,8D,9D2,12D,13D,18D/t12?,13-,17+,18+. The summed E-state index contributed by atoms with van der Waals surface area (Å²) in [4.78, 5) is 39.8. The topological polar surface area (TPSA) is 86.7 Å². The van der Waals surface area contributed by atoms with Gasteiger partial charge in [0.2, 0.25) is 11.8 Å². The van der Waals surface area contributed by atoms with Gasteiger partial charge in [-0.05, 0) is 23.4 Å². The van der Waals surface area contributed by atoms with E-state index in [1.165, 1.54) is 7.05 Å². The van der Waals surface area contributed by atoms with Crippen molar-refractivity contribution in [1.82, 2.24) is 10.2 Å². The fourth-order valence-electron chi connectivity index (χ4n) is 2.30. The number of nitrogens with zero attached hydrogens (tertiary/aromatic N) is 1. The molecule has 142 valence electrons. The zero-order valence-corrected chi connectivity index (χ0v) is 14.6. The van der Waals surface area contributed by atoms with Gasteiger partial charge in [0.15, 0.2) is 5.78 Å². The summed E-state index contributed by atoms with van der Waals surface area (Å²) in [5, 5.41) is 12.4. The number of carbonyl (C=O) groups excluding carboxylic acids is 3. The van der Waals surface area contributed by atoms with Crippen LogP contribution in [-0.2, 0) is 20.8 Å². The summed E-state index contributed by atoms with van der Waals surface area (Å²) in [6, 6.07) is -5.04. The fourth-order valence-corrected chi connectivity index (χ4v) is 2.30. The average molecular weight is 373 g/mol. The molecule has 2 rings (SSSR count). The van der Waals surface area contributed by atoms with Crippen LogP contribution in [0.3, 0.4) is 0 Å². The normalized spacial score (nSPS) is 33.3. The first-order valence-corrected chi connectivity index (χ1v) is 7.75. The third-order valence-corrected chi connectivity index (χ3v) is 3.83. The SMILES string of the molecule is [2H]c1c([2H])c([2H])c2c(c1[2H])[C@H](NC(=O)[C@]([2H])(C)CC(=O)[C@@]([2H])(O)C([2H])(C)C([2H])([2H])[2H])C(=O)N(C)CC2([2H])[2H]. The van der Waals surface area contributed by atoms with Crippen molar-refractivity contribution in [3.05, 3.63) is 35.3 Å². The molecule has 0 saturated carbocycles. The Labute approximate surface area is 171 Å². The number of aliphatic hydroxyl groups is 1. The molecular weight excluding hydrogens is 332 g/mol. The molecule has 0 bridgehead atoms. The third-order valence-electron chi connectivity index (χ3n) is 3.83. The largest absolute Gasteiger partial charge is 0.385 e. The summed E-state index contributed by atoms with van der Waals surface area (Å²) in [5.41, 5.74) is -1.14. The Morgan fingerprint density at radius 2 is 2.19 bits per heavy atom. The predicted molar refractivity (Wildman–Crippen MR) is 98.3 cm³/mol. The molecule has 2 amide bonds. The lowest BCUT2D eigenvalue weighted by molar-refractivity contribution is -0.137. The summed E-state index contributed by atoms with van der Waals surface area (Å²) in [6.07, 6.45) is -7.28. The Hall–Kier alpha value is -2.21. The molecule has 26 heavy (non-hydrogen) atoms. The van der Waals surface area contributed by atoms with Crippen molar-refractivity contribution in [3.8, 4) is 0 Å². The van der Waals surface area contributed by atoms with Crippen LogP contribution in [0, 0.1) is 11.8 Å². The monoisotopic (exact) mass is 372 g/mol. The number of likely N-dealkylation sites (N-methyl/N-ethyl adjacent to an activating group) is 1. The Morgan fingerprint density at radius 3 is 2.88 bits per heavy atom. The van der Waals surface area contributed by atoms with Crippen LogP contribution in [0.4, 0.5) is 0 Å². The predicted octanol–water partition coefficient (Wildman–Crippen LogP) is 1.47. The minimum Gasteiger partial charge on any atom is -0.385 e. The lowest BCUT2D eigenvalue weighted by Crippen LogP contribution is -2.43. The van der Waals surface area contributed by atoms with E-state index in [0.717, 1.165) is 11.8 Å². The summed E-state index contributed by atoms with van der Waals surface area (Å²) in [7, 11) is 1.18. The van der Waals surface area contributed by atoms with Crippen LogP contribution < -0.4 is 5.32 Å². The van der Waals surface area contributed by atoms with Crippen LogP contribution in [0.2, 0.25) is 0 Å². The van der Waals surface area contributed by atoms with E-state index in [1.807, 2.05) is 0 Å². The van der Waals surface area contributed by atoms with E-state index >= 15 is 0 Å². The average Bonchev–Trinajstić information content (AvgIpc) is 2.82. The molecule has 1 aromatic rings. The highest BCUT2D eigenvalue weighted by Gasteiger charge is 2.32. The molecule has 1 aliphatic rings. The van der Waals surface area contributed by atoms with Gasteiger partial charge in [-0.3, -0.25) is 14.4 Å². The third kappa shape index (κ3) is 4.49. The molecule has 1 aromatic carbocycles. The Kier molecular flexibility index (Phi) is 2.97. The van der Waals surface area contributed by atoms with Crippen LogP contribution in [0.5, 0.6) is 0 Å². The van der Waals surface area contributed by atoms with Crippen LogP contribution >= 0.6 is 0 Å². The molecule has 2 N–H and O–H groups in total. The first-order chi connectivity index (χ1) is 16.8. The Morgan fingerprint density at radius 1 is 1.50 bits per heavy atom. The Balaban J connectivity index is 2.55. The number of hydrogen-bond donors (Lipinski definition) is 2. The second-order valence-electron chi connectivity index (χ2n) is 5.92. The number of rotatable bonds is 6. The molecule has 0 aliphatic carbocycles. The van der Waals surface area contributed by atoms with Gasteiger partial charge in [0.1, 0.15) is 12.1 Å². The molecular formula is C20H28N2O4. The van der Waals surface area contributed by atoms with Gasteiger partial charge in [0.25, 0.3) is 0 Å². The van der Waals surface area contributed by atoms with Crippen molar-refractivity contribution < 1.29 is 35.9 Å². The lowest BCUT2D eigenvalue weighted by Gasteiger charge is -2.24. The molecule has 0 radical (unpaired) electrons. The highest BCUT2D eigenvalue weighted by Crippen LogP contribution is 2.25. The van der Waals surface area contributed by atoms with Gasteiger partial charge in [-0.15, -0.1) is 0 Å². The van der Waals surface area contributed by atoms with Gasteiger partial charge < -0.3 is 15.3 Å². The smallest absolute Gasteiger partial charge is 0.249 e. The van der Waals surface area contributed by atoms with Crippen LogP contribution in [-0.4, -0.2) is 47.3 Å². The molecule has 1 unspecified atom stereocenters. The number of benzene rings is 1. The molecule has 6 heteroatoms.